The molecule has 1 aliphatic heterocycles. The van der Waals surface area contributed by atoms with Crippen molar-refractivity contribution >= 4 is 21.9 Å². The molecule has 7 nitrogen and oxygen atoms in total. The van der Waals surface area contributed by atoms with Crippen LogP contribution in [-0.2, 0) is 30.8 Å². The van der Waals surface area contributed by atoms with Gasteiger partial charge in [-0.25, -0.2) is 8.42 Å². The van der Waals surface area contributed by atoms with Crippen molar-refractivity contribution < 1.29 is 35.9 Å². The van der Waals surface area contributed by atoms with Crippen LogP contribution >= 0.6 is 0 Å². The lowest BCUT2D eigenvalue weighted by Gasteiger charge is -2.32. The molecule has 0 spiro atoms. The van der Waals surface area contributed by atoms with Gasteiger partial charge in [-0.1, -0.05) is 12.1 Å². The van der Waals surface area contributed by atoms with Crippen molar-refractivity contribution in [3.63, 3.8) is 0 Å². The zero-order chi connectivity index (χ0) is 21.7. The van der Waals surface area contributed by atoms with E-state index in [0.717, 1.165) is 10.5 Å². The first-order valence-electron chi connectivity index (χ1n) is 9.13. The third-order valence-electron chi connectivity index (χ3n) is 4.61. The fourth-order valence-electron chi connectivity index (χ4n) is 3.11. The molecule has 11 heteroatoms. The van der Waals surface area contributed by atoms with E-state index in [1.165, 1.54) is 12.1 Å². The second-order valence-electron chi connectivity index (χ2n) is 6.71. The summed E-state index contributed by atoms with van der Waals surface area (Å²) < 4.78 is 68.6. The summed E-state index contributed by atoms with van der Waals surface area (Å²) in [6, 6.07) is 6.08. The van der Waals surface area contributed by atoms with Crippen molar-refractivity contribution in [3.05, 3.63) is 29.8 Å². The lowest BCUT2D eigenvalue weighted by atomic mass is 9.90. The number of halogens is 3. The van der Waals surface area contributed by atoms with Gasteiger partial charge in [-0.3, -0.25) is 9.59 Å². The van der Waals surface area contributed by atoms with Crippen LogP contribution in [0.2, 0.25) is 0 Å². The van der Waals surface area contributed by atoms with Gasteiger partial charge in [0, 0.05) is 13.1 Å². The van der Waals surface area contributed by atoms with E-state index < -0.39 is 34.6 Å². The SMILES string of the molecule is CCOC(=O)CNS(=O)(=O)c1ccc(CC2CCN(C(=O)C(F)(F)F)CC2)cc1. The zero-order valence-electron chi connectivity index (χ0n) is 15.9. The summed E-state index contributed by atoms with van der Waals surface area (Å²) in [6.45, 7) is 1.40. The predicted molar refractivity (Wildman–Crippen MR) is 97.3 cm³/mol. The third-order valence-corrected chi connectivity index (χ3v) is 6.03. The van der Waals surface area contributed by atoms with Crippen LogP contribution in [0.1, 0.15) is 25.3 Å². The van der Waals surface area contributed by atoms with Crippen molar-refractivity contribution in [1.29, 1.82) is 0 Å². The van der Waals surface area contributed by atoms with Gasteiger partial charge in [-0.05, 0) is 49.8 Å². The van der Waals surface area contributed by atoms with Crippen LogP contribution in [0.4, 0.5) is 13.2 Å². The lowest BCUT2D eigenvalue weighted by molar-refractivity contribution is -0.186. The smallest absolute Gasteiger partial charge is 0.465 e. The molecule has 1 fully saturated rings. The highest BCUT2D eigenvalue weighted by Gasteiger charge is 2.43. The Morgan fingerprint density at radius 3 is 2.28 bits per heavy atom. The van der Waals surface area contributed by atoms with Crippen LogP contribution in [0.3, 0.4) is 0 Å². The van der Waals surface area contributed by atoms with E-state index in [1.807, 2.05) is 0 Å². The average Bonchev–Trinajstić information content (AvgIpc) is 2.66. The second-order valence-corrected chi connectivity index (χ2v) is 8.48. The minimum atomic E-state index is -4.85. The third kappa shape index (κ3) is 6.70. The van der Waals surface area contributed by atoms with E-state index >= 15 is 0 Å². The molecule has 0 bridgehead atoms. The number of amides is 1. The highest BCUT2D eigenvalue weighted by Crippen LogP contribution is 2.26. The summed E-state index contributed by atoms with van der Waals surface area (Å²) in [5.74, 6) is -2.37. The van der Waals surface area contributed by atoms with Crippen LogP contribution in [0.25, 0.3) is 0 Å². The van der Waals surface area contributed by atoms with E-state index in [4.69, 9.17) is 0 Å². The molecule has 1 aliphatic rings. The maximum Gasteiger partial charge on any atom is 0.471 e. The number of carbonyl (C=O) groups excluding carboxylic acids is 2. The Morgan fingerprint density at radius 1 is 1.17 bits per heavy atom. The molecule has 2 rings (SSSR count). The van der Waals surface area contributed by atoms with Gasteiger partial charge in [-0.2, -0.15) is 17.9 Å². The molecule has 0 radical (unpaired) electrons. The monoisotopic (exact) mass is 436 g/mol. The predicted octanol–water partition coefficient (Wildman–Crippen LogP) is 1.87. The first kappa shape index (κ1) is 23.1. The summed E-state index contributed by atoms with van der Waals surface area (Å²) in [7, 11) is -3.86. The topological polar surface area (TPSA) is 92.8 Å². The molecule has 1 aromatic carbocycles. The minimum Gasteiger partial charge on any atom is -0.465 e. The number of likely N-dealkylation sites (tertiary alicyclic amines) is 1. The molecule has 0 atom stereocenters. The summed E-state index contributed by atoms with van der Waals surface area (Å²) in [5.41, 5.74) is 0.843. The molecule has 1 amide bonds. The number of carbonyl (C=O) groups is 2. The zero-order valence-corrected chi connectivity index (χ0v) is 16.7. The van der Waals surface area contributed by atoms with E-state index in [2.05, 4.69) is 9.46 Å². The van der Waals surface area contributed by atoms with E-state index in [0.29, 0.717) is 19.3 Å². The van der Waals surface area contributed by atoms with Gasteiger partial charge < -0.3 is 9.64 Å². The van der Waals surface area contributed by atoms with Crippen LogP contribution in [0, 0.1) is 5.92 Å². The van der Waals surface area contributed by atoms with Crippen LogP contribution < -0.4 is 4.72 Å². The standard InChI is InChI=1S/C18H23F3N2O5S/c1-2-28-16(24)12-22-29(26,27)15-5-3-13(4-6-15)11-14-7-9-23(10-8-14)17(25)18(19,20)21/h3-6,14,22H,2,7-12H2,1H3. The van der Waals surface area contributed by atoms with Crippen LogP contribution in [0.15, 0.2) is 29.2 Å². The number of esters is 1. The molecular weight excluding hydrogens is 413 g/mol. The van der Waals surface area contributed by atoms with Gasteiger partial charge in [0.15, 0.2) is 0 Å². The molecule has 0 unspecified atom stereocenters. The summed E-state index contributed by atoms with van der Waals surface area (Å²) in [5, 5.41) is 0. The number of rotatable bonds is 7. The van der Waals surface area contributed by atoms with Crippen molar-refractivity contribution in [1.82, 2.24) is 9.62 Å². The molecule has 1 aromatic rings. The molecule has 162 valence electrons. The Kier molecular flexibility index (Phi) is 7.64. The van der Waals surface area contributed by atoms with E-state index in [1.54, 1.807) is 19.1 Å². The van der Waals surface area contributed by atoms with Crippen molar-refractivity contribution in [2.75, 3.05) is 26.2 Å². The molecule has 0 saturated carbocycles. The molecule has 1 heterocycles. The van der Waals surface area contributed by atoms with Crippen molar-refractivity contribution in [2.24, 2.45) is 5.92 Å². The number of alkyl halides is 3. The van der Waals surface area contributed by atoms with E-state index in [9.17, 15) is 31.2 Å². The summed E-state index contributed by atoms with van der Waals surface area (Å²) in [4.78, 5) is 23.4. The number of ether oxygens (including phenoxy) is 1. The van der Waals surface area contributed by atoms with Crippen LogP contribution in [-0.4, -0.2) is 57.6 Å². The quantitative estimate of drug-likeness (QED) is 0.659. The van der Waals surface area contributed by atoms with Crippen molar-refractivity contribution in [3.8, 4) is 0 Å². The Morgan fingerprint density at radius 2 is 1.76 bits per heavy atom. The van der Waals surface area contributed by atoms with Crippen molar-refractivity contribution in [2.45, 2.75) is 37.3 Å². The molecule has 0 aromatic heterocycles. The van der Waals surface area contributed by atoms with Gasteiger partial charge in [0.05, 0.1) is 11.5 Å². The Hall–Kier alpha value is -2.14. The number of benzene rings is 1. The Bertz CT molecular complexity index is 817. The number of piperidine rings is 1. The number of hydrogen-bond acceptors (Lipinski definition) is 5. The number of sulfonamides is 1. The molecule has 1 N–H and O–H groups in total. The van der Waals surface area contributed by atoms with Gasteiger partial charge in [0.1, 0.15) is 6.54 Å². The number of hydrogen-bond donors (Lipinski definition) is 1. The maximum atomic E-state index is 12.5. The van der Waals surface area contributed by atoms with Gasteiger partial charge in [0.25, 0.3) is 0 Å². The first-order valence-corrected chi connectivity index (χ1v) is 10.6. The second kappa shape index (κ2) is 9.57. The first-order chi connectivity index (χ1) is 13.5. The van der Waals surface area contributed by atoms with E-state index in [-0.39, 0.29) is 30.5 Å². The van der Waals surface area contributed by atoms with Gasteiger partial charge in [-0.15, -0.1) is 0 Å². The summed E-state index contributed by atoms with van der Waals surface area (Å²) in [6.07, 6.45) is -3.38. The van der Waals surface area contributed by atoms with Crippen LogP contribution in [0.5, 0.6) is 0 Å². The number of nitrogens with zero attached hydrogens (tertiary/aromatic N) is 1. The fraction of sp³-hybridized carbons (Fsp3) is 0.556. The Labute approximate surface area is 167 Å². The molecule has 0 aliphatic carbocycles. The molecule has 29 heavy (non-hydrogen) atoms. The molecular formula is C18H23F3N2O5S. The number of nitrogens with one attached hydrogen (secondary N) is 1. The highest BCUT2D eigenvalue weighted by atomic mass is 32.2. The average molecular weight is 436 g/mol. The van der Waals surface area contributed by atoms with Gasteiger partial charge >= 0.3 is 18.1 Å². The Balaban J connectivity index is 1.88. The summed E-state index contributed by atoms with van der Waals surface area (Å²) >= 11 is 0. The molecule has 1 saturated heterocycles. The maximum absolute atomic E-state index is 12.5. The minimum absolute atomic E-state index is 0.00357. The fourth-order valence-corrected chi connectivity index (χ4v) is 4.08. The van der Waals surface area contributed by atoms with Gasteiger partial charge in [0.2, 0.25) is 10.0 Å². The normalized spacial score (nSPS) is 15.9. The highest BCUT2D eigenvalue weighted by molar-refractivity contribution is 7.89. The lowest BCUT2D eigenvalue weighted by Crippen LogP contribution is -2.45. The largest absolute Gasteiger partial charge is 0.471 e.